The van der Waals surface area contributed by atoms with Gasteiger partial charge in [0.25, 0.3) is 5.56 Å². The van der Waals surface area contributed by atoms with Crippen LogP contribution in [0.5, 0.6) is 5.75 Å². The van der Waals surface area contributed by atoms with Gasteiger partial charge in [-0.3, -0.25) is 4.79 Å². The first-order valence-corrected chi connectivity index (χ1v) is 6.75. The van der Waals surface area contributed by atoms with E-state index in [1.807, 2.05) is 12.1 Å². The number of rotatable bonds is 5. The lowest BCUT2D eigenvalue weighted by Crippen LogP contribution is -2.22. The Bertz CT molecular complexity index is 615. The Kier molecular flexibility index (Phi) is 4.45. The van der Waals surface area contributed by atoms with Gasteiger partial charge in [-0.05, 0) is 29.7 Å². The zero-order valence-electron chi connectivity index (χ0n) is 11.9. The number of hydrogen-bond acceptors (Lipinski definition) is 3. The van der Waals surface area contributed by atoms with Gasteiger partial charge >= 0.3 is 0 Å². The van der Waals surface area contributed by atoms with Gasteiger partial charge in [0.05, 0.1) is 6.54 Å². The maximum Gasteiger partial charge on any atom is 0.250 e. The van der Waals surface area contributed by atoms with E-state index in [1.54, 1.807) is 16.8 Å². The van der Waals surface area contributed by atoms with Crippen molar-refractivity contribution in [2.45, 2.75) is 26.3 Å². The summed E-state index contributed by atoms with van der Waals surface area (Å²) in [5.74, 6) is 1.32. The van der Waals surface area contributed by atoms with Crippen molar-refractivity contribution in [2.75, 3.05) is 12.3 Å². The molecule has 0 spiro atoms. The SMILES string of the molecule is CC(C)c1ccc(OCCn2cc(N)ccc2=O)cc1. The van der Waals surface area contributed by atoms with E-state index in [0.29, 0.717) is 24.8 Å². The molecule has 0 saturated carbocycles. The summed E-state index contributed by atoms with van der Waals surface area (Å²) in [6, 6.07) is 11.1. The molecule has 0 amide bonds. The second-order valence-corrected chi connectivity index (χ2v) is 5.07. The average molecular weight is 272 g/mol. The lowest BCUT2D eigenvalue weighted by molar-refractivity contribution is 0.296. The molecular weight excluding hydrogens is 252 g/mol. The zero-order chi connectivity index (χ0) is 14.5. The van der Waals surface area contributed by atoms with E-state index < -0.39 is 0 Å². The highest BCUT2D eigenvalue weighted by molar-refractivity contribution is 5.33. The Morgan fingerprint density at radius 3 is 2.50 bits per heavy atom. The number of benzene rings is 1. The third kappa shape index (κ3) is 3.63. The van der Waals surface area contributed by atoms with E-state index in [0.717, 1.165) is 5.75 Å². The van der Waals surface area contributed by atoms with Crippen LogP contribution in [0, 0.1) is 0 Å². The first kappa shape index (κ1) is 14.2. The van der Waals surface area contributed by atoms with Crippen LogP contribution in [-0.2, 0) is 6.54 Å². The molecule has 20 heavy (non-hydrogen) atoms. The first-order valence-electron chi connectivity index (χ1n) is 6.75. The van der Waals surface area contributed by atoms with E-state index in [4.69, 9.17) is 10.5 Å². The summed E-state index contributed by atoms with van der Waals surface area (Å²) < 4.78 is 7.19. The monoisotopic (exact) mass is 272 g/mol. The van der Waals surface area contributed by atoms with Gasteiger partial charge in [0.1, 0.15) is 12.4 Å². The number of ether oxygens (including phenoxy) is 1. The van der Waals surface area contributed by atoms with E-state index in [9.17, 15) is 4.79 Å². The second-order valence-electron chi connectivity index (χ2n) is 5.07. The van der Waals surface area contributed by atoms with Crippen molar-refractivity contribution in [3.63, 3.8) is 0 Å². The van der Waals surface area contributed by atoms with Gasteiger partial charge in [-0.1, -0.05) is 26.0 Å². The normalized spacial score (nSPS) is 10.8. The fourth-order valence-corrected chi connectivity index (χ4v) is 1.94. The molecule has 0 radical (unpaired) electrons. The largest absolute Gasteiger partial charge is 0.492 e. The topological polar surface area (TPSA) is 57.2 Å². The third-order valence-electron chi connectivity index (χ3n) is 3.15. The zero-order valence-corrected chi connectivity index (χ0v) is 11.9. The van der Waals surface area contributed by atoms with Crippen molar-refractivity contribution in [3.8, 4) is 5.75 Å². The predicted molar refractivity (Wildman–Crippen MR) is 81.1 cm³/mol. The maximum absolute atomic E-state index is 11.6. The summed E-state index contributed by atoms with van der Waals surface area (Å²) in [6.45, 7) is 5.23. The Morgan fingerprint density at radius 2 is 1.85 bits per heavy atom. The van der Waals surface area contributed by atoms with Crippen LogP contribution in [0.15, 0.2) is 47.4 Å². The molecule has 1 aromatic carbocycles. The smallest absolute Gasteiger partial charge is 0.250 e. The molecular formula is C16H20N2O2. The van der Waals surface area contributed by atoms with Crippen LogP contribution < -0.4 is 16.0 Å². The van der Waals surface area contributed by atoms with Gasteiger partial charge < -0.3 is 15.0 Å². The minimum absolute atomic E-state index is 0.0713. The molecule has 0 aliphatic carbocycles. The van der Waals surface area contributed by atoms with Gasteiger partial charge in [-0.15, -0.1) is 0 Å². The molecule has 4 nitrogen and oxygen atoms in total. The van der Waals surface area contributed by atoms with Gasteiger partial charge in [0, 0.05) is 18.0 Å². The minimum atomic E-state index is -0.0713. The number of pyridine rings is 1. The molecule has 0 unspecified atom stereocenters. The molecule has 2 rings (SSSR count). The first-order chi connectivity index (χ1) is 9.56. The van der Waals surface area contributed by atoms with Gasteiger partial charge in [-0.25, -0.2) is 0 Å². The maximum atomic E-state index is 11.6. The second kappa shape index (κ2) is 6.28. The van der Waals surface area contributed by atoms with Crippen molar-refractivity contribution in [1.29, 1.82) is 0 Å². The lowest BCUT2D eigenvalue weighted by atomic mass is 10.0. The molecule has 106 valence electrons. The van der Waals surface area contributed by atoms with Crippen LogP contribution in [0.4, 0.5) is 5.69 Å². The summed E-state index contributed by atoms with van der Waals surface area (Å²) in [6.07, 6.45) is 1.63. The molecule has 0 aliphatic heterocycles. The van der Waals surface area contributed by atoms with E-state index in [2.05, 4.69) is 26.0 Å². The lowest BCUT2D eigenvalue weighted by Gasteiger charge is -2.10. The predicted octanol–water partition coefficient (Wildman–Crippen LogP) is 2.63. The van der Waals surface area contributed by atoms with Crippen LogP contribution in [0.25, 0.3) is 0 Å². The van der Waals surface area contributed by atoms with Crippen LogP contribution in [0.1, 0.15) is 25.3 Å². The van der Waals surface area contributed by atoms with Gasteiger partial charge in [0.15, 0.2) is 0 Å². The number of anilines is 1. The van der Waals surface area contributed by atoms with Crippen LogP contribution in [-0.4, -0.2) is 11.2 Å². The molecule has 0 bridgehead atoms. The summed E-state index contributed by atoms with van der Waals surface area (Å²) in [5, 5.41) is 0. The summed E-state index contributed by atoms with van der Waals surface area (Å²) in [7, 11) is 0. The number of aromatic nitrogens is 1. The van der Waals surface area contributed by atoms with E-state index >= 15 is 0 Å². The van der Waals surface area contributed by atoms with Crippen LogP contribution in [0.3, 0.4) is 0 Å². The van der Waals surface area contributed by atoms with E-state index in [-0.39, 0.29) is 5.56 Å². The molecule has 1 aromatic heterocycles. The van der Waals surface area contributed by atoms with Gasteiger partial charge in [0.2, 0.25) is 0 Å². The minimum Gasteiger partial charge on any atom is -0.492 e. The van der Waals surface area contributed by atoms with Crippen LogP contribution >= 0.6 is 0 Å². The highest BCUT2D eigenvalue weighted by Gasteiger charge is 2.00. The van der Waals surface area contributed by atoms with Crippen LogP contribution in [0.2, 0.25) is 0 Å². The summed E-state index contributed by atoms with van der Waals surface area (Å²) in [5.41, 5.74) is 7.44. The van der Waals surface area contributed by atoms with Crippen molar-refractivity contribution < 1.29 is 4.74 Å². The number of hydrogen-bond donors (Lipinski definition) is 1. The molecule has 0 atom stereocenters. The fraction of sp³-hybridized carbons (Fsp3) is 0.312. The average Bonchev–Trinajstić information content (AvgIpc) is 2.43. The summed E-state index contributed by atoms with van der Waals surface area (Å²) in [4.78, 5) is 11.6. The Labute approximate surface area is 118 Å². The Hall–Kier alpha value is -2.23. The van der Waals surface area contributed by atoms with Crippen molar-refractivity contribution in [2.24, 2.45) is 0 Å². The number of nitrogens with two attached hydrogens (primary N) is 1. The Balaban J connectivity index is 1.92. The number of nitrogen functional groups attached to an aromatic ring is 1. The molecule has 0 fully saturated rings. The Morgan fingerprint density at radius 1 is 1.15 bits per heavy atom. The molecule has 2 aromatic rings. The summed E-state index contributed by atoms with van der Waals surface area (Å²) >= 11 is 0. The van der Waals surface area contributed by atoms with Crippen molar-refractivity contribution in [3.05, 3.63) is 58.5 Å². The standard InChI is InChI=1S/C16H20N2O2/c1-12(2)13-3-6-15(7-4-13)20-10-9-18-11-14(17)5-8-16(18)19/h3-8,11-12H,9-10,17H2,1-2H3. The fourth-order valence-electron chi connectivity index (χ4n) is 1.94. The molecule has 0 aliphatic rings. The number of nitrogens with zero attached hydrogens (tertiary/aromatic N) is 1. The highest BCUT2D eigenvalue weighted by atomic mass is 16.5. The molecule has 1 heterocycles. The van der Waals surface area contributed by atoms with E-state index in [1.165, 1.54) is 11.6 Å². The van der Waals surface area contributed by atoms with Crippen molar-refractivity contribution in [1.82, 2.24) is 4.57 Å². The highest BCUT2D eigenvalue weighted by Crippen LogP contribution is 2.18. The van der Waals surface area contributed by atoms with Crippen molar-refractivity contribution >= 4 is 5.69 Å². The molecule has 0 saturated heterocycles. The molecule has 2 N–H and O–H groups in total. The van der Waals surface area contributed by atoms with Gasteiger partial charge in [-0.2, -0.15) is 0 Å². The third-order valence-corrected chi connectivity index (χ3v) is 3.15. The molecule has 4 heteroatoms. The quantitative estimate of drug-likeness (QED) is 0.910.